The molecule has 10 heteroatoms. The highest BCUT2D eigenvalue weighted by atomic mass is 16.7. The van der Waals surface area contributed by atoms with Crippen LogP contribution in [-0.2, 0) is 32.2 Å². The highest BCUT2D eigenvalue weighted by Crippen LogP contribution is 2.39. The van der Waals surface area contributed by atoms with Crippen LogP contribution in [0.4, 0.5) is 4.79 Å². The smallest absolute Gasteiger partial charge is 0.325 e. The number of benzene rings is 4. The molecule has 0 bridgehead atoms. The van der Waals surface area contributed by atoms with Gasteiger partial charge in [-0.15, -0.1) is 0 Å². The van der Waals surface area contributed by atoms with Gasteiger partial charge in [0.05, 0.1) is 31.5 Å². The van der Waals surface area contributed by atoms with E-state index in [0.717, 1.165) is 38.9 Å². The number of carbonyl (C=O) groups is 2. The van der Waals surface area contributed by atoms with Gasteiger partial charge in [-0.25, -0.2) is 4.79 Å². The monoisotopic (exact) mass is 681 g/mol. The van der Waals surface area contributed by atoms with Gasteiger partial charge in [0.25, 0.3) is 0 Å². The maximum absolute atomic E-state index is 12.3. The van der Waals surface area contributed by atoms with E-state index in [2.05, 4.69) is 15.5 Å². The first-order chi connectivity index (χ1) is 24.2. The predicted octanol–water partition coefficient (Wildman–Crippen LogP) is 5.81. The van der Waals surface area contributed by atoms with E-state index in [1.165, 1.54) is 0 Å². The van der Waals surface area contributed by atoms with Crippen molar-refractivity contribution in [3.8, 4) is 11.1 Å². The van der Waals surface area contributed by atoms with Crippen molar-refractivity contribution in [3.05, 3.63) is 131 Å². The number of rotatable bonds is 14. The van der Waals surface area contributed by atoms with Crippen LogP contribution in [0.3, 0.4) is 0 Å². The summed E-state index contributed by atoms with van der Waals surface area (Å²) in [4.78, 5) is 26.0. The molecule has 1 fully saturated rings. The SMILES string of the molecule is CCOC(=O)CNC(=O)NCc1ccccc1-c1ccc(C2OC(CN(C)C(C)C(O)c3ccccc3)CC(c3ccc(CO)cc3)O2)cc1. The van der Waals surface area contributed by atoms with Gasteiger partial charge in [-0.05, 0) is 54.3 Å². The molecule has 0 spiro atoms. The first-order valence-electron chi connectivity index (χ1n) is 17.0. The van der Waals surface area contributed by atoms with E-state index in [1.807, 2.05) is 117 Å². The third kappa shape index (κ3) is 9.77. The molecule has 10 nitrogen and oxygen atoms in total. The Balaban J connectivity index is 1.30. The molecule has 5 unspecified atom stereocenters. The summed E-state index contributed by atoms with van der Waals surface area (Å²) in [7, 11) is 2.00. The summed E-state index contributed by atoms with van der Waals surface area (Å²) in [6, 6.07) is 32.7. The van der Waals surface area contributed by atoms with E-state index in [9.17, 15) is 19.8 Å². The highest BCUT2D eigenvalue weighted by Gasteiger charge is 2.34. The summed E-state index contributed by atoms with van der Waals surface area (Å²) < 4.78 is 18.0. The Hall–Kier alpha value is -4.58. The van der Waals surface area contributed by atoms with Gasteiger partial charge in [0.2, 0.25) is 0 Å². The summed E-state index contributed by atoms with van der Waals surface area (Å²) in [6.07, 6.45) is -1.08. The topological polar surface area (TPSA) is 130 Å². The van der Waals surface area contributed by atoms with E-state index in [0.29, 0.717) is 13.0 Å². The van der Waals surface area contributed by atoms with Gasteiger partial charge in [-0.1, -0.05) is 103 Å². The van der Waals surface area contributed by atoms with E-state index in [4.69, 9.17) is 14.2 Å². The second-order valence-corrected chi connectivity index (χ2v) is 12.5. The maximum atomic E-state index is 12.3. The van der Waals surface area contributed by atoms with E-state index in [-0.39, 0.29) is 44.6 Å². The molecule has 5 rings (SSSR count). The molecule has 4 N–H and O–H groups in total. The van der Waals surface area contributed by atoms with Crippen LogP contribution >= 0.6 is 0 Å². The van der Waals surface area contributed by atoms with Crippen molar-refractivity contribution in [2.75, 3.05) is 26.7 Å². The van der Waals surface area contributed by atoms with Gasteiger partial charge < -0.3 is 35.1 Å². The van der Waals surface area contributed by atoms with Crippen LogP contribution in [0.2, 0.25) is 0 Å². The predicted molar refractivity (Wildman–Crippen MR) is 191 cm³/mol. The van der Waals surface area contributed by atoms with Crippen LogP contribution in [0.5, 0.6) is 0 Å². The Morgan fingerprint density at radius 2 is 1.58 bits per heavy atom. The normalized spacial score (nSPS) is 18.6. The molecule has 264 valence electrons. The Morgan fingerprint density at radius 1 is 0.900 bits per heavy atom. The van der Waals surface area contributed by atoms with E-state index >= 15 is 0 Å². The van der Waals surface area contributed by atoms with Gasteiger partial charge in [0, 0.05) is 31.1 Å². The Morgan fingerprint density at radius 3 is 2.28 bits per heavy atom. The second-order valence-electron chi connectivity index (χ2n) is 12.5. The molecule has 2 amide bonds. The van der Waals surface area contributed by atoms with E-state index in [1.54, 1.807) is 6.92 Å². The molecule has 1 heterocycles. The zero-order valence-electron chi connectivity index (χ0n) is 28.8. The van der Waals surface area contributed by atoms with E-state index < -0.39 is 24.4 Å². The fraction of sp³-hybridized carbons (Fsp3) is 0.350. The number of nitrogens with zero attached hydrogens (tertiary/aromatic N) is 1. The summed E-state index contributed by atoms with van der Waals surface area (Å²) >= 11 is 0. The highest BCUT2D eigenvalue weighted by molar-refractivity contribution is 5.81. The van der Waals surface area contributed by atoms with Crippen molar-refractivity contribution in [3.63, 3.8) is 0 Å². The minimum atomic E-state index is -0.650. The zero-order valence-corrected chi connectivity index (χ0v) is 28.8. The molecule has 0 aromatic heterocycles. The van der Waals surface area contributed by atoms with Crippen LogP contribution in [0.15, 0.2) is 103 Å². The summed E-state index contributed by atoms with van der Waals surface area (Å²) in [5.41, 5.74) is 6.41. The van der Waals surface area contributed by atoms with Crippen molar-refractivity contribution in [1.82, 2.24) is 15.5 Å². The first-order valence-corrected chi connectivity index (χ1v) is 17.0. The van der Waals surface area contributed by atoms with Gasteiger partial charge in [0.15, 0.2) is 6.29 Å². The Labute approximate surface area is 294 Å². The van der Waals surface area contributed by atoms with Crippen molar-refractivity contribution < 1.29 is 34.0 Å². The summed E-state index contributed by atoms with van der Waals surface area (Å²) in [6.45, 7) is 4.61. The average Bonchev–Trinajstić information content (AvgIpc) is 3.16. The van der Waals surface area contributed by atoms with Crippen LogP contribution in [-0.4, -0.2) is 66.0 Å². The standard InChI is InChI=1S/C40H47N3O7/c1-4-48-37(45)24-42-40(47)41-23-33-12-8-9-13-35(33)29-18-20-32(21-19-29)39-49-34(22-36(50-39)30-16-14-28(26-44)15-17-30)25-43(3)27(2)38(46)31-10-6-5-7-11-31/h5-21,27,34,36,38-39,44,46H,4,22-26H2,1-3H3,(H2,41,42,47). The number of urea groups is 1. The van der Waals surface area contributed by atoms with Gasteiger partial charge in [0.1, 0.15) is 6.54 Å². The molecule has 0 aliphatic carbocycles. The summed E-state index contributed by atoms with van der Waals surface area (Å²) in [5, 5.41) is 26.0. The number of esters is 1. The quantitative estimate of drug-likeness (QED) is 0.123. The molecule has 4 aromatic rings. The lowest BCUT2D eigenvalue weighted by Crippen LogP contribution is -2.43. The third-order valence-electron chi connectivity index (χ3n) is 9.05. The van der Waals surface area contributed by atoms with Crippen LogP contribution in [0.25, 0.3) is 11.1 Å². The second kappa shape index (κ2) is 17.9. The fourth-order valence-electron chi connectivity index (χ4n) is 6.07. The number of carbonyl (C=O) groups excluding carboxylic acids is 2. The summed E-state index contributed by atoms with van der Waals surface area (Å²) in [5.74, 6) is -0.491. The lowest BCUT2D eigenvalue weighted by atomic mass is 9.97. The fourth-order valence-corrected chi connectivity index (χ4v) is 6.07. The number of likely N-dealkylation sites (N-methyl/N-ethyl adjacent to an activating group) is 1. The number of aliphatic hydroxyl groups excluding tert-OH is 2. The minimum absolute atomic E-state index is 0.0270. The van der Waals surface area contributed by atoms with Gasteiger partial charge in [-0.3, -0.25) is 9.69 Å². The largest absolute Gasteiger partial charge is 0.465 e. The molecular formula is C40H47N3O7. The minimum Gasteiger partial charge on any atom is -0.465 e. The lowest BCUT2D eigenvalue weighted by molar-refractivity contribution is -0.253. The van der Waals surface area contributed by atoms with Crippen LogP contribution in [0, 0.1) is 0 Å². The zero-order chi connectivity index (χ0) is 35.5. The number of nitrogens with one attached hydrogen (secondary N) is 2. The van der Waals surface area contributed by atoms with Crippen molar-refractivity contribution in [1.29, 1.82) is 0 Å². The van der Waals surface area contributed by atoms with Crippen molar-refractivity contribution in [2.24, 2.45) is 0 Å². The molecule has 50 heavy (non-hydrogen) atoms. The molecule has 1 saturated heterocycles. The van der Waals surface area contributed by atoms with Crippen LogP contribution < -0.4 is 10.6 Å². The molecule has 1 aliphatic heterocycles. The lowest BCUT2D eigenvalue weighted by Gasteiger charge is -2.39. The molecule has 0 radical (unpaired) electrons. The number of hydrogen-bond acceptors (Lipinski definition) is 8. The average molecular weight is 682 g/mol. The maximum Gasteiger partial charge on any atom is 0.325 e. The van der Waals surface area contributed by atoms with Crippen molar-refractivity contribution in [2.45, 2.75) is 64.1 Å². The first kappa shape index (κ1) is 36.7. The van der Waals surface area contributed by atoms with Gasteiger partial charge >= 0.3 is 12.0 Å². The van der Waals surface area contributed by atoms with Gasteiger partial charge in [-0.2, -0.15) is 0 Å². The Kier molecular flexibility index (Phi) is 13.1. The molecule has 0 saturated carbocycles. The number of hydrogen-bond donors (Lipinski definition) is 4. The van der Waals surface area contributed by atoms with Crippen LogP contribution in [0.1, 0.15) is 66.6 Å². The number of ether oxygens (including phenoxy) is 3. The van der Waals surface area contributed by atoms with Crippen molar-refractivity contribution >= 4 is 12.0 Å². The number of aliphatic hydroxyl groups is 2. The number of amides is 2. The molecule has 5 atom stereocenters. The molecular weight excluding hydrogens is 634 g/mol. The molecule has 4 aromatic carbocycles. The third-order valence-corrected chi connectivity index (χ3v) is 9.05. The Bertz CT molecular complexity index is 1670. The molecule has 1 aliphatic rings.